The van der Waals surface area contributed by atoms with Crippen LogP contribution in [0.25, 0.3) is 11.1 Å². The average molecular weight is 239 g/mol. The van der Waals surface area contributed by atoms with Crippen molar-refractivity contribution in [1.82, 2.24) is 0 Å². The predicted molar refractivity (Wildman–Crippen MR) is 75.2 cm³/mol. The third-order valence-electron chi connectivity index (χ3n) is 3.27. The third-order valence-corrected chi connectivity index (χ3v) is 3.27. The minimum Gasteiger partial charge on any atom is -0.481 e. The highest BCUT2D eigenvalue weighted by molar-refractivity contribution is 5.92. The molecule has 0 radical (unpaired) electrons. The Kier molecular flexibility index (Phi) is 3.47. The van der Waals surface area contributed by atoms with E-state index in [0.29, 0.717) is 0 Å². The molecule has 0 atom stereocenters. The fourth-order valence-corrected chi connectivity index (χ4v) is 1.98. The topological polar surface area (TPSA) is 33.1 Å². The molecule has 0 aliphatic rings. The average Bonchev–Trinajstić information content (AvgIpc) is 2.41. The summed E-state index contributed by atoms with van der Waals surface area (Å²) < 4.78 is 4.91. The molecule has 2 aromatic carbocycles. The van der Waals surface area contributed by atoms with Crippen molar-refractivity contribution >= 4 is 5.90 Å². The second kappa shape index (κ2) is 5.05. The summed E-state index contributed by atoms with van der Waals surface area (Å²) >= 11 is 0. The maximum absolute atomic E-state index is 7.61. The van der Waals surface area contributed by atoms with Crippen LogP contribution in [0.1, 0.15) is 16.7 Å². The van der Waals surface area contributed by atoms with Gasteiger partial charge >= 0.3 is 0 Å². The zero-order chi connectivity index (χ0) is 13.1. The first-order valence-electron chi connectivity index (χ1n) is 5.93. The molecule has 0 bridgehead atoms. The van der Waals surface area contributed by atoms with Crippen LogP contribution in [0.4, 0.5) is 0 Å². The molecule has 2 rings (SSSR count). The number of rotatable bonds is 2. The first-order valence-corrected chi connectivity index (χ1v) is 5.93. The van der Waals surface area contributed by atoms with Crippen molar-refractivity contribution in [1.29, 1.82) is 5.41 Å². The van der Waals surface area contributed by atoms with E-state index in [9.17, 15) is 0 Å². The molecule has 0 amide bonds. The molecule has 92 valence electrons. The summed E-state index contributed by atoms with van der Waals surface area (Å²) in [6.45, 7) is 4.25. The van der Waals surface area contributed by atoms with Crippen LogP contribution in [0.15, 0.2) is 42.5 Å². The van der Waals surface area contributed by atoms with Crippen LogP contribution in [-0.2, 0) is 4.74 Å². The van der Waals surface area contributed by atoms with E-state index in [1.54, 1.807) is 0 Å². The highest BCUT2D eigenvalue weighted by Crippen LogP contribution is 2.25. The smallest absolute Gasteiger partial charge is 0.212 e. The van der Waals surface area contributed by atoms with Crippen LogP contribution >= 0.6 is 0 Å². The maximum Gasteiger partial charge on any atom is 0.212 e. The van der Waals surface area contributed by atoms with Gasteiger partial charge in [0, 0.05) is 5.56 Å². The highest BCUT2D eigenvalue weighted by Gasteiger charge is 2.05. The minimum atomic E-state index is 0.197. The van der Waals surface area contributed by atoms with Gasteiger partial charge in [-0.3, -0.25) is 5.41 Å². The van der Waals surface area contributed by atoms with Crippen molar-refractivity contribution in [3.63, 3.8) is 0 Å². The van der Waals surface area contributed by atoms with E-state index in [1.165, 1.54) is 29.4 Å². The highest BCUT2D eigenvalue weighted by atomic mass is 16.5. The summed E-state index contributed by atoms with van der Waals surface area (Å²) in [5.41, 5.74) is 5.80. The van der Waals surface area contributed by atoms with E-state index in [2.05, 4.69) is 32.0 Å². The molecule has 0 fully saturated rings. The lowest BCUT2D eigenvalue weighted by Crippen LogP contribution is -2.00. The lowest BCUT2D eigenvalue weighted by molar-refractivity contribution is 0.401. The zero-order valence-corrected chi connectivity index (χ0v) is 10.9. The monoisotopic (exact) mass is 239 g/mol. The summed E-state index contributed by atoms with van der Waals surface area (Å²) in [5, 5.41) is 7.61. The normalized spacial score (nSPS) is 10.2. The van der Waals surface area contributed by atoms with Crippen molar-refractivity contribution in [3.05, 3.63) is 59.2 Å². The van der Waals surface area contributed by atoms with Gasteiger partial charge in [0.05, 0.1) is 7.11 Å². The quantitative estimate of drug-likeness (QED) is 0.625. The Hall–Kier alpha value is -2.09. The number of hydrogen-bond donors (Lipinski definition) is 1. The van der Waals surface area contributed by atoms with E-state index < -0.39 is 0 Å². The van der Waals surface area contributed by atoms with Crippen LogP contribution in [0, 0.1) is 19.3 Å². The largest absolute Gasteiger partial charge is 0.481 e. The van der Waals surface area contributed by atoms with Gasteiger partial charge in [-0.25, -0.2) is 0 Å². The predicted octanol–water partition coefficient (Wildman–Crippen LogP) is 3.94. The lowest BCUT2D eigenvalue weighted by atomic mass is 9.96. The summed E-state index contributed by atoms with van der Waals surface area (Å²) in [6.07, 6.45) is 0. The summed E-state index contributed by atoms with van der Waals surface area (Å²) in [5.74, 6) is 0.197. The van der Waals surface area contributed by atoms with E-state index in [4.69, 9.17) is 10.1 Å². The summed E-state index contributed by atoms with van der Waals surface area (Å²) in [4.78, 5) is 0. The molecule has 1 N–H and O–H groups in total. The third kappa shape index (κ3) is 2.28. The molecule has 0 heterocycles. The van der Waals surface area contributed by atoms with Gasteiger partial charge < -0.3 is 4.74 Å². The first-order chi connectivity index (χ1) is 8.63. The summed E-state index contributed by atoms with van der Waals surface area (Å²) in [7, 11) is 1.51. The number of benzene rings is 2. The van der Waals surface area contributed by atoms with Crippen molar-refractivity contribution in [2.45, 2.75) is 13.8 Å². The van der Waals surface area contributed by atoms with Gasteiger partial charge in [-0.1, -0.05) is 30.3 Å². The molecule has 2 heteroatoms. The van der Waals surface area contributed by atoms with Crippen molar-refractivity contribution in [2.24, 2.45) is 0 Å². The lowest BCUT2D eigenvalue weighted by Gasteiger charge is -2.09. The Balaban J connectivity index is 2.40. The van der Waals surface area contributed by atoms with E-state index in [0.717, 1.165) is 5.56 Å². The number of methoxy groups -OCH3 is 1. The molecule has 0 aliphatic carbocycles. The van der Waals surface area contributed by atoms with Gasteiger partial charge in [0.25, 0.3) is 0 Å². The Bertz CT molecular complexity index is 570. The number of hydrogen-bond acceptors (Lipinski definition) is 2. The van der Waals surface area contributed by atoms with Gasteiger partial charge in [-0.2, -0.15) is 0 Å². The van der Waals surface area contributed by atoms with E-state index in [-0.39, 0.29) is 5.90 Å². The first kappa shape index (κ1) is 12.4. The van der Waals surface area contributed by atoms with Gasteiger partial charge in [0.1, 0.15) is 0 Å². The fourth-order valence-electron chi connectivity index (χ4n) is 1.98. The van der Waals surface area contributed by atoms with Crippen LogP contribution < -0.4 is 0 Å². The second-order valence-electron chi connectivity index (χ2n) is 4.36. The van der Waals surface area contributed by atoms with Crippen LogP contribution in [0.2, 0.25) is 0 Å². The number of nitrogens with one attached hydrogen (secondary N) is 1. The molecular formula is C16H17NO. The Morgan fingerprint density at radius 3 is 2.28 bits per heavy atom. The van der Waals surface area contributed by atoms with E-state index >= 15 is 0 Å². The molecule has 0 aromatic heterocycles. The standard InChI is InChI=1S/C16H17NO/c1-11-5-4-6-15(12(11)2)13-7-9-14(10-8-13)16(17)18-3/h4-10,17H,1-3H3. The Morgan fingerprint density at radius 1 is 1.00 bits per heavy atom. The number of ether oxygens (including phenoxy) is 1. The molecule has 0 saturated carbocycles. The molecular weight excluding hydrogens is 222 g/mol. The minimum absolute atomic E-state index is 0.197. The fraction of sp³-hybridized carbons (Fsp3) is 0.188. The Labute approximate surface area is 108 Å². The van der Waals surface area contributed by atoms with Crippen LogP contribution in [0.5, 0.6) is 0 Å². The molecule has 2 aromatic rings. The summed E-state index contributed by atoms with van der Waals surface area (Å²) in [6, 6.07) is 14.2. The zero-order valence-electron chi connectivity index (χ0n) is 10.9. The van der Waals surface area contributed by atoms with Crippen LogP contribution in [0.3, 0.4) is 0 Å². The van der Waals surface area contributed by atoms with E-state index in [1.807, 2.05) is 24.3 Å². The van der Waals surface area contributed by atoms with Crippen molar-refractivity contribution in [2.75, 3.05) is 7.11 Å². The molecule has 2 nitrogen and oxygen atoms in total. The number of aryl methyl sites for hydroxylation is 1. The second-order valence-corrected chi connectivity index (χ2v) is 4.36. The van der Waals surface area contributed by atoms with Crippen LogP contribution in [-0.4, -0.2) is 13.0 Å². The van der Waals surface area contributed by atoms with Crippen molar-refractivity contribution < 1.29 is 4.74 Å². The molecule has 0 aliphatic heterocycles. The molecule has 0 unspecified atom stereocenters. The molecule has 18 heavy (non-hydrogen) atoms. The van der Waals surface area contributed by atoms with Gasteiger partial charge in [0.15, 0.2) is 0 Å². The van der Waals surface area contributed by atoms with Gasteiger partial charge in [-0.05, 0) is 48.2 Å². The van der Waals surface area contributed by atoms with Gasteiger partial charge in [-0.15, -0.1) is 0 Å². The maximum atomic E-state index is 7.61. The molecule has 0 spiro atoms. The SMILES string of the molecule is COC(=N)c1ccc(-c2cccc(C)c2C)cc1. The van der Waals surface area contributed by atoms with Gasteiger partial charge in [0.2, 0.25) is 5.90 Å². The van der Waals surface area contributed by atoms with Crippen molar-refractivity contribution in [3.8, 4) is 11.1 Å². The molecule has 0 saturated heterocycles. The Morgan fingerprint density at radius 2 is 1.67 bits per heavy atom.